The molecule has 0 radical (unpaired) electrons. The van der Waals surface area contributed by atoms with Crippen molar-refractivity contribution in [3.63, 3.8) is 0 Å². The molecule has 43 heavy (non-hydrogen) atoms. The number of piperidine rings is 1. The van der Waals surface area contributed by atoms with Crippen LogP contribution in [0.25, 0.3) is 0 Å². The molecule has 1 saturated heterocycles. The molecule has 228 valence electrons. The number of unbranched alkanes of at least 4 members (excludes halogenated alkanes) is 1. The number of nitrogens with zero attached hydrogens (tertiary/aromatic N) is 6. The van der Waals surface area contributed by atoms with Gasteiger partial charge in [0.15, 0.2) is 0 Å². The number of anilines is 3. The molecule has 1 atom stereocenters. The van der Waals surface area contributed by atoms with Gasteiger partial charge in [0.25, 0.3) is 5.92 Å². The summed E-state index contributed by atoms with van der Waals surface area (Å²) in [6, 6.07) is 8.23. The maximum Gasteiger partial charge on any atom is 0.251 e. The minimum Gasteiger partial charge on any atom is -0.355 e. The Morgan fingerprint density at radius 1 is 1.19 bits per heavy atom. The van der Waals surface area contributed by atoms with Crippen LogP contribution < -0.4 is 15.5 Å². The summed E-state index contributed by atoms with van der Waals surface area (Å²) in [7, 11) is 5.39. The second-order valence-corrected chi connectivity index (χ2v) is 10.6. The SMILES string of the molecule is C[C@@H](C(=O)NCCCC#Cc1cnc(Nc2ccc(C#N)cc2)nc1N1CCC(F)(F)CC1)N(C)C(=O)C=CCN(C)C. The van der Waals surface area contributed by atoms with Crippen LogP contribution in [0.5, 0.6) is 0 Å². The number of amides is 2. The lowest BCUT2D eigenvalue weighted by atomic mass is 10.1. The van der Waals surface area contributed by atoms with Crippen molar-refractivity contribution in [2.24, 2.45) is 0 Å². The van der Waals surface area contributed by atoms with Gasteiger partial charge in [0.1, 0.15) is 11.9 Å². The van der Waals surface area contributed by atoms with E-state index >= 15 is 0 Å². The number of aromatic nitrogens is 2. The molecular weight excluding hydrogens is 554 g/mol. The molecule has 1 aliphatic heterocycles. The molecule has 0 spiro atoms. The Hall–Kier alpha value is -4.55. The molecule has 2 aromatic rings. The molecule has 2 heterocycles. The number of carbonyl (C=O) groups is 2. The third-order valence-electron chi connectivity index (χ3n) is 6.87. The zero-order valence-electron chi connectivity index (χ0n) is 25.0. The second-order valence-electron chi connectivity index (χ2n) is 10.6. The lowest BCUT2D eigenvalue weighted by molar-refractivity contribution is -0.135. The second kappa shape index (κ2) is 15.6. The molecule has 2 amide bonds. The molecule has 1 aromatic carbocycles. The number of benzene rings is 1. The van der Waals surface area contributed by atoms with Crippen LogP contribution >= 0.6 is 0 Å². The average molecular weight is 593 g/mol. The summed E-state index contributed by atoms with van der Waals surface area (Å²) < 4.78 is 27.7. The molecular formula is C31H38F2N8O2. The van der Waals surface area contributed by atoms with Crippen LogP contribution in [0.1, 0.15) is 43.7 Å². The standard InChI is InChI=1S/C31H38F2N8O2/c1-23(40(4)27(42)10-8-18-39(2)3)29(43)35-17-7-5-6-9-25-22-36-30(37-26-13-11-24(21-34)12-14-26)38-28(25)41-19-15-31(32,33)16-20-41/h8,10-14,22-23H,5,7,15-20H2,1-4H3,(H,35,43)(H,36,37,38)/t23-/m0/s1. The van der Waals surface area contributed by atoms with Crippen molar-refractivity contribution in [3.05, 3.63) is 53.7 Å². The summed E-state index contributed by atoms with van der Waals surface area (Å²) in [6.45, 7) is 2.96. The van der Waals surface area contributed by atoms with Gasteiger partial charge < -0.3 is 25.3 Å². The van der Waals surface area contributed by atoms with Crippen LogP contribution in [-0.2, 0) is 9.59 Å². The van der Waals surface area contributed by atoms with Crippen molar-refractivity contribution in [2.45, 2.75) is 44.6 Å². The van der Waals surface area contributed by atoms with E-state index < -0.39 is 12.0 Å². The normalized spacial score (nSPS) is 14.9. The maximum absolute atomic E-state index is 13.8. The Balaban J connectivity index is 1.59. The van der Waals surface area contributed by atoms with E-state index in [-0.39, 0.29) is 43.7 Å². The first-order valence-corrected chi connectivity index (χ1v) is 14.1. The van der Waals surface area contributed by atoms with Gasteiger partial charge in [-0.15, -0.1) is 0 Å². The van der Waals surface area contributed by atoms with Crippen molar-refractivity contribution in [1.82, 2.24) is 25.1 Å². The van der Waals surface area contributed by atoms with Crippen LogP contribution in [0.3, 0.4) is 0 Å². The van der Waals surface area contributed by atoms with Crippen LogP contribution in [0, 0.1) is 23.2 Å². The quantitative estimate of drug-likeness (QED) is 0.231. The molecule has 0 unspecified atom stereocenters. The summed E-state index contributed by atoms with van der Waals surface area (Å²) in [4.78, 5) is 38.9. The smallest absolute Gasteiger partial charge is 0.251 e. The van der Waals surface area contributed by atoms with Crippen LogP contribution in [0.2, 0.25) is 0 Å². The predicted octanol–water partition coefficient (Wildman–Crippen LogP) is 3.54. The highest BCUT2D eigenvalue weighted by atomic mass is 19.3. The van der Waals surface area contributed by atoms with E-state index in [0.717, 1.165) is 0 Å². The molecule has 0 bridgehead atoms. The number of hydrogen-bond acceptors (Lipinski definition) is 8. The molecule has 1 aliphatic rings. The summed E-state index contributed by atoms with van der Waals surface area (Å²) in [5.74, 6) is 3.69. The lowest BCUT2D eigenvalue weighted by Gasteiger charge is -2.33. The van der Waals surface area contributed by atoms with Crippen LogP contribution in [0.4, 0.5) is 26.2 Å². The Labute approximate surface area is 251 Å². The molecule has 0 aliphatic carbocycles. The van der Waals surface area contributed by atoms with E-state index in [4.69, 9.17) is 5.26 Å². The number of nitrogens with one attached hydrogen (secondary N) is 2. The highest BCUT2D eigenvalue weighted by Gasteiger charge is 2.35. The van der Waals surface area contributed by atoms with E-state index in [0.29, 0.717) is 48.6 Å². The molecule has 3 rings (SSSR count). The average Bonchev–Trinajstić information content (AvgIpc) is 2.98. The topological polar surface area (TPSA) is 117 Å². The highest BCUT2D eigenvalue weighted by molar-refractivity contribution is 5.92. The van der Waals surface area contributed by atoms with Gasteiger partial charge >= 0.3 is 0 Å². The van der Waals surface area contributed by atoms with Gasteiger partial charge in [-0.05, 0) is 51.7 Å². The molecule has 10 nitrogen and oxygen atoms in total. The number of carbonyl (C=O) groups excluding carboxylic acids is 2. The summed E-state index contributed by atoms with van der Waals surface area (Å²) in [6.07, 6.45) is 5.29. The minimum absolute atomic E-state index is 0.140. The van der Waals surface area contributed by atoms with Gasteiger partial charge in [0.2, 0.25) is 17.8 Å². The van der Waals surface area contributed by atoms with Gasteiger partial charge in [-0.1, -0.05) is 17.9 Å². The van der Waals surface area contributed by atoms with Crippen molar-refractivity contribution >= 4 is 29.3 Å². The number of rotatable bonds is 11. The van der Waals surface area contributed by atoms with Gasteiger partial charge in [0, 0.05) is 64.3 Å². The first-order chi connectivity index (χ1) is 20.5. The molecule has 1 aromatic heterocycles. The summed E-state index contributed by atoms with van der Waals surface area (Å²) in [5, 5.41) is 14.9. The van der Waals surface area contributed by atoms with Crippen LogP contribution in [-0.4, -0.2) is 90.9 Å². The zero-order valence-corrected chi connectivity index (χ0v) is 25.0. The Bertz CT molecular complexity index is 1380. The van der Waals surface area contributed by atoms with E-state index in [9.17, 15) is 18.4 Å². The number of likely N-dealkylation sites (N-methyl/N-ethyl adjacent to an activating group) is 2. The fourth-order valence-electron chi connectivity index (χ4n) is 4.11. The highest BCUT2D eigenvalue weighted by Crippen LogP contribution is 2.31. The van der Waals surface area contributed by atoms with E-state index in [1.165, 1.54) is 11.0 Å². The largest absolute Gasteiger partial charge is 0.355 e. The maximum atomic E-state index is 13.8. The first-order valence-electron chi connectivity index (χ1n) is 14.1. The van der Waals surface area contributed by atoms with E-state index in [2.05, 4.69) is 38.5 Å². The fourth-order valence-corrected chi connectivity index (χ4v) is 4.11. The van der Waals surface area contributed by atoms with Crippen molar-refractivity contribution in [1.29, 1.82) is 5.26 Å². The van der Waals surface area contributed by atoms with Gasteiger partial charge in [-0.25, -0.2) is 13.8 Å². The zero-order chi connectivity index (χ0) is 31.4. The Morgan fingerprint density at radius 3 is 2.53 bits per heavy atom. The fraction of sp³-hybridized carbons (Fsp3) is 0.452. The summed E-state index contributed by atoms with van der Waals surface area (Å²) >= 11 is 0. The van der Waals surface area contributed by atoms with Gasteiger partial charge in [-0.3, -0.25) is 9.59 Å². The molecule has 12 heteroatoms. The Morgan fingerprint density at radius 2 is 1.88 bits per heavy atom. The number of hydrogen-bond donors (Lipinski definition) is 2. The van der Waals surface area contributed by atoms with Crippen molar-refractivity contribution in [3.8, 4) is 17.9 Å². The monoisotopic (exact) mass is 592 g/mol. The predicted molar refractivity (Wildman–Crippen MR) is 162 cm³/mol. The minimum atomic E-state index is -2.70. The summed E-state index contributed by atoms with van der Waals surface area (Å²) in [5.41, 5.74) is 1.73. The van der Waals surface area contributed by atoms with Gasteiger partial charge in [-0.2, -0.15) is 10.2 Å². The molecule has 1 fully saturated rings. The lowest BCUT2D eigenvalue weighted by Crippen LogP contribution is -2.45. The van der Waals surface area contributed by atoms with E-state index in [1.807, 2.05) is 19.0 Å². The number of halogens is 2. The Kier molecular flexibility index (Phi) is 12.0. The number of alkyl halides is 2. The molecule has 0 saturated carbocycles. The van der Waals surface area contributed by atoms with Crippen molar-refractivity contribution in [2.75, 3.05) is 57.5 Å². The number of nitriles is 1. The third kappa shape index (κ3) is 10.3. The van der Waals surface area contributed by atoms with Crippen molar-refractivity contribution < 1.29 is 18.4 Å². The van der Waals surface area contributed by atoms with Crippen LogP contribution in [0.15, 0.2) is 42.6 Å². The van der Waals surface area contributed by atoms with Gasteiger partial charge in [0.05, 0.1) is 23.4 Å². The third-order valence-corrected chi connectivity index (χ3v) is 6.87. The van der Waals surface area contributed by atoms with E-state index in [1.54, 1.807) is 55.4 Å². The molecule has 2 N–H and O–H groups in total. The first kappa shape index (κ1) is 33.0.